The molecule has 32 heavy (non-hydrogen) atoms. The number of likely N-dealkylation sites (tertiary alicyclic amines) is 2. The lowest BCUT2D eigenvalue weighted by molar-refractivity contribution is -0.0724. The first-order valence-electron chi connectivity index (χ1n) is 11.5. The highest BCUT2D eigenvalue weighted by Gasteiger charge is 2.40. The van der Waals surface area contributed by atoms with Crippen molar-refractivity contribution in [3.63, 3.8) is 0 Å². The van der Waals surface area contributed by atoms with Gasteiger partial charge in [0.15, 0.2) is 0 Å². The van der Waals surface area contributed by atoms with Gasteiger partial charge in [-0.1, -0.05) is 12.1 Å². The van der Waals surface area contributed by atoms with Gasteiger partial charge >= 0.3 is 0 Å². The van der Waals surface area contributed by atoms with Crippen LogP contribution in [0.1, 0.15) is 36.2 Å². The summed E-state index contributed by atoms with van der Waals surface area (Å²) in [6.45, 7) is 8.62. The molecule has 0 amide bonds. The molecule has 3 heterocycles. The molecule has 176 valence electrons. The van der Waals surface area contributed by atoms with E-state index in [1.165, 1.54) is 0 Å². The molecule has 2 aliphatic heterocycles. The Bertz CT molecular complexity index is 892. The van der Waals surface area contributed by atoms with E-state index in [1.54, 1.807) is 0 Å². The second-order valence-corrected chi connectivity index (χ2v) is 9.46. The molecular formula is C24H34F2N4O2. The molecule has 1 N–H and O–H groups in total. The van der Waals surface area contributed by atoms with Gasteiger partial charge < -0.3 is 9.84 Å². The predicted octanol–water partition coefficient (Wildman–Crippen LogP) is 3.25. The zero-order valence-electron chi connectivity index (χ0n) is 19.1. The van der Waals surface area contributed by atoms with Gasteiger partial charge in [0, 0.05) is 57.8 Å². The van der Waals surface area contributed by atoms with Crippen molar-refractivity contribution in [3.05, 3.63) is 47.3 Å². The number of hydrogen-bond donors (Lipinski definition) is 1. The number of aliphatic hydroxyl groups is 1. The summed E-state index contributed by atoms with van der Waals surface area (Å²) in [6.07, 6.45) is 0.457. The zero-order chi connectivity index (χ0) is 22.8. The molecule has 1 aromatic carbocycles. The summed E-state index contributed by atoms with van der Waals surface area (Å²) < 4.78 is 34.6. The largest absolute Gasteiger partial charge is 0.492 e. The fourth-order valence-corrected chi connectivity index (χ4v) is 4.76. The molecule has 2 aliphatic rings. The Kier molecular flexibility index (Phi) is 6.83. The number of benzene rings is 1. The summed E-state index contributed by atoms with van der Waals surface area (Å²) in [5.74, 6) is -1.72. The van der Waals surface area contributed by atoms with Crippen LogP contribution in [0.25, 0.3) is 0 Å². The van der Waals surface area contributed by atoms with Gasteiger partial charge in [-0.2, -0.15) is 5.10 Å². The number of ether oxygens (including phenoxy) is 1. The van der Waals surface area contributed by atoms with E-state index < -0.39 is 11.5 Å². The SMILES string of the molecule is Cc1cc(C)n(CCOc2ccc(CN3CC[C@@](O)(CN4CCC(F)(F)CC4)C3)cc2)n1. The third kappa shape index (κ3) is 6.05. The van der Waals surface area contributed by atoms with Crippen molar-refractivity contribution in [1.82, 2.24) is 19.6 Å². The lowest BCUT2D eigenvalue weighted by Crippen LogP contribution is -2.49. The number of piperidine rings is 1. The number of hydrogen-bond acceptors (Lipinski definition) is 5. The van der Waals surface area contributed by atoms with Crippen LogP contribution in [-0.4, -0.2) is 75.5 Å². The van der Waals surface area contributed by atoms with Crippen molar-refractivity contribution in [2.24, 2.45) is 0 Å². The van der Waals surface area contributed by atoms with E-state index in [1.807, 2.05) is 35.6 Å². The van der Waals surface area contributed by atoms with Crippen LogP contribution < -0.4 is 4.74 Å². The average molecular weight is 449 g/mol. The molecule has 0 radical (unpaired) electrons. The third-order valence-electron chi connectivity index (χ3n) is 6.52. The first-order valence-corrected chi connectivity index (χ1v) is 11.5. The van der Waals surface area contributed by atoms with Gasteiger partial charge in [0.2, 0.25) is 0 Å². The summed E-state index contributed by atoms with van der Waals surface area (Å²) in [5.41, 5.74) is 2.49. The molecule has 2 saturated heterocycles. The highest BCUT2D eigenvalue weighted by atomic mass is 19.3. The minimum atomic E-state index is -2.55. The number of aryl methyl sites for hydroxylation is 2. The molecule has 0 aliphatic carbocycles. The Morgan fingerprint density at radius 1 is 1.03 bits per heavy atom. The van der Waals surface area contributed by atoms with E-state index in [-0.39, 0.29) is 12.8 Å². The Morgan fingerprint density at radius 2 is 1.72 bits per heavy atom. The lowest BCUT2D eigenvalue weighted by atomic mass is 10.00. The maximum Gasteiger partial charge on any atom is 0.250 e. The quantitative estimate of drug-likeness (QED) is 0.672. The van der Waals surface area contributed by atoms with Gasteiger partial charge in [0.05, 0.1) is 17.8 Å². The van der Waals surface area contributed by atoms with Crippen LogP contribution in [0.15, 0.2) is 30.3 Å². The fraction of sp³-hybridized carbons (Fsp3) is 0.625. The van der Waals surface area contributed by atoms with E-state index in [0.717, 1.165) is 35.8 Å². The Hall–Kier alpha value is -2.03. The Balaban J connectivity index is 1.21. The number of alkyl halides is 2. The maximum absolute atomic E-state index is 13.4. The standard InChI is InChI=1S/C24H34F2N4O2/c1-19-15-20(2)30(27-19)13-14-32-22-5-3-21(4-6-22)16-29-10-7-23(31,18-29)17-28-11-8-24(25,26)9-12-28/h3-6,15,31H,7-14,16-18H2,1-2H3/t23-/m1/s1. The molecule has 8 heteroatoms. The van der Waals surface area contributed by atoms with Crippen LogP contribution >= 0.6 is 0 Å². The topological polar surface area (TPSA) is 53.8 Å². The zero-order valence-corrected chi connectivity index (χ0v) is 19.1. The maximum atomic E-state index is 13.4. The van der Waals surface area contributed by atoms with Gasteiger partial charge in [-0.05, 0) is 44.0 Å². The van der Waals surface area contributed by atoms with Gasteiger partial charge in [0.1, 0.15) is 12.4 Å². The van der Waals surface area contributed by atoms with Crippen molar-refractivity contribution in [2.45, 2.75) is 57.7 Å². The predicted molar refractivity (Wildman–Crippen MR) is 119 cm³/mol. The van der Waals surface area contributed by atoms with Crippen molar-refractivity contribution in [3.8, 4) is 5.75 Å². The third-order valence-corrected chi connectivity index (χ3v) is 6.52. The van der Waals surface area contributed by atoms with Crippen LogP contribution in [0, 0.1) is 13.8 Å². The second-order valence-electron chi connectivity index (χ2n) is 9.46. The molecule has 1 atom stereocenters. The Morgan fingerprint density at radius 3 is 2.38 bits per heavy atom. The summed E-state index contributed by atoms with van der Waals surface area (Å²) >= 11 is 0. The molecule has 2 fully saturated rings. The van der Waals surface area contributed by atoms with E-state index in [4.69, 9.17) is 4.74 Å². The van der Waals surface area contributed by atoms with Crippen LogP contribution in [0.3, 0.4) is 0 Å². The van der Waals surface area contributed by atoms with Crippen LogP contribution in [0.2, 0.25) is 0 Å². The molecule has 6 nitrogen and oxygen atoms in total. The second kappa shape index (κ2) is 9.45. The van der Waals surface area contributed by atoms with Crippen LogP contribution in [0.5, 0.6) is 5.75 Å². The molecule has 1 aromatic heterocycles. The summed E-state index contributed by atoms with van der Waals surface area (Å²) in [7, 11) is 0. The molecule has 0 bridgehead atoms. The normalized spacial score (nSPS) is 24.2. The number of rotatable bonds is 8. The number of aromatic nitrogens is 2. The van der Waals surface area contributed by atoms with Crippen molar-refractivity contribution >= 4 is 0 Å². The summed E-state index contributed by atoms with van der Waals surface area (Å²) in [5, 5.41) is 15.4. The van der Waals surface area contributed by atoms with Crippen molar-refractivity contribution in [1.29, 1.82) is 0 Å². The first-order chi connectivity index (χ1) is 15.2. The number of nitrogens with zero attached hydrogens (tertiary/aromatic N) is 4. The molecule has 2 aromatic rings. The van der Waals surface area contributed by atoms with Crippen molar-refractivity contribution in [2.75, 3.05) is 39.3 Å². The molecule has 0 unspecified atom stereocenters. The fourth-order valence-electron chi connectivity index (χ4n) is 4.76. The van der Waals surface area contributed by atoms with E-state index in [2.05, 4.69) is 28.2 Å². The molecule has 4 rings (SSSR count). The van der Waals surface area contributed by atoms with Crippen LogP contribution in [-0.2, 0) is 13.1 Å². The van der Waals surface area contributed by atoms with Gasteiger partial charge in [-0.3, -0.25) is 14.5 Å². The van der Waals surface area contributed by atoms with Gasteiger partial charge in [0.25, 0.3) is 5.92 Å². The molecular weight excluding hydrogens is 414 g/mol. The number of β-amino-alcohol motifs (C(OH)–C–C–N with tert-alkyl or cyclic N) is 1. The van der Waals surface area contributed by atoms with Gasteiger partial charge in [-0.25, -0.2) is 8.78 Å². The monoisotopic (exact) mass is 448 g/mol. The van der Waals surface area contributed by atoms with E-state index >= 15 is 0 Å². The summed E-state index contributed by atoms with van der Waals surface area (Å²) in [4.78, 5) is 4.22. The molecule has 0 saturated carbocycles. The van der Waals surface area contributed by atoms with Crippen molar-refractivity contribution < 1.29 is 18.6 Å². The highest BCUT2D eigenvalue weighted by molar-refractivity contribution is 5.27. The smallest absolute Gasteiger partial charge is 0.250 e. The van der Waals surface area contributed by atoms with Crippen LogP contribution in [0.4, 0.5) is 8.78 Å². The van der Waals surface area contributed by atoms with Gasteiger partial charge in [-0.15, -0.1) is 0 Å². The van der Waals surface area contributed by atoms with E-state index in [9.17, 15) is 13.9 Å². The first kappa shape index (κ1) is 23.1. The Labute approximate surface area is 188 Å². The lowest BCUT2D eigenvalue weighted by Gasteiger charge is -2.36. The molecule has 0 spiro atoms. The minimum absolute atomic E-state index is 0.109. The average Bonchev–Trinajstić information content (AvgIpc) is 3.26. The highest BCUT2D eigenvalue weighted by Crippen LogP contribution is 2.30. The van der Waals surface area contributed by atoms with E-state index in [0.29, 0.717) is 45.8 Å². The minimum Gasteiger partial charge on any atom is -0.492 e. The number of halogens is 2. The summed E-state index contributed by atoms with van der Waals surface area (Å²) in [6, 6.07) is 10.1.